The fourth-order valence-corrected chi connectivity index (χ4v) is 2.19. The third kappa shape index (κ3) is 3.69. The number of hydrogen-bond donors (Lipinski definition) is 0. The van der Waals surface area contributed by atoms with E-state index < -0.39 is 0 Å². The Labute approximate surface area is 135 Å². The molecule has 0 unspecified atom stereocenters. The van der Waals surface area contributed by atoms with Gasteiger partial charge in [-0.1, -0.05) is 17.3 Å². The van der Waals surface area contributed by atoms with Crippen molar-refractivity contribution in [1.82, 2.24) is 10.1 Å². The minimum Gasteiger partial charge on any atom is -0.484 e. The summed E-state index contributed by atoms with van der Waals surface area (Å²) in [4.78, 5) is 6.42. The van der Waals surface area contributed by atoms with Crippen molar-refractivity contribution in [2.75, 3.05) is 19.0 Å². The molecule has 0 amide bonds. The zero-order valence-electron chi connectivity index (χ0n) is 13.5. The number of aromatic nitrogens is 2. The van der Waals surface area contributed by atoms with Gasteiger partial charge in [0, 0.05) is 25.3 Å². The van der Waals surface area contributed by atoms with Crippen LogP contribution in [0.15, 0.2) is 53.1 Å². The molecular formula is C18H19N3O2. The second-order valence-electron chi connectivity index (χ2n) is 5.56. The molecule has 0 aliphatic rings. The van der Waals surface area contributed by atoms with Crippen LogP contribution >= 0.6 is 0 Å². The fraction of sp³-hybridized carbons (Fsp3) is 0.222. The standard InChI is InChI=1S/C18H19N3O2/c1-13-5-4-6-16(11-13)22-12-17-19-18(20-23-17)14-7-9-15(10-8-14)21(2)3/h4-11H,12H2,1-3H3. The molecule has 23 heavy (non-hydrogen) atoms. The van der Waals surface area contributed by atoms with E-state index >= 15 is 0 Å². The van der Waals surface area contributed by atoms with Crippen molar-refractivity contribution in [2.45, 2.75) is 13.5 Å². The van der Waals surface area contributed by atoms with Crippen LogP contribution in [-0.2, 0) is 6.61 Å². The summed E-state index contributed by atoms with van der Waals surface area (Å²) < 4.78 is 10.9. The zero-order chi connectivity index (χ0) is 16.2. The minimum atomic E-state index is 0.256. The van der Waals surface area contributed by atoms with E-state index in [1.807, 2.05) is 74.4 Å². The highest BCUT2D eigenvalue weighted by atomic mass is 16.5. The molecule has 5 heteroatoms. The largest absolute Gasteiger partial charge is 0.484 e. The molecule has 0 bridgehead atoms. The fourth-order valence-electron chi connectivity index (χ4n) is 2.19. The zero-order valence-corrected chi connectivity index (χ0v) is 13.5. The van der Waals surface area contributed by atoms with Crippen molar-refractivity contribution in [3.63, 3.8) is 0 Å². The highest BCUT2D eigenvalue weighted by molar-refractivity contribution is 5.59. The summed E-state index contributed by atoms with van der Waals surface area (Å²) in [5.41, 5.74) is 3.19. The highest BCUT2D eigenvalue weighted by Crippen LogP contribution is 2.20. The first-order valence-corrected chi connectivity index (χ1v) is 7.41. The van der Waals surface area contributed by atoms with Crippen LogP contribution in [0.1, 0.15) is 11.5 Å². The van der Waals surface area contributed by atoms with Gasteiger partial charge in [0.25, 0.3) is 5.89 Å². The summed E-state index contributed by atoms with van der Waals surface area (Å²) in [6, 6.07) is 15.9. The van der Waals surface area contributed by atoms with Crippen molar-refractivity contribution in [1.29, 1.82) is 0 Å². The van der Waals surface area contributed by atoms with Gasteiger partial charge in [-0.3, -0.25) is 0 Å². The van der Waals surface area contributed by atoms with Crippen molar-refractivity contribution >= 4 is 5.69 Å². The number of anilines is 1. The Morgan fingerprint density at radius 2 is 1.87 bits per heavy atom. The first-order chi connectivity index (χ1) is 11.1. The van der Waals surface area contributed by atoms with Crippen LogP contribution in [0.3, 0.4) is 0 Å². The quantitative estimate of drug-likeness (QED) is 0.719. The lowest BCUT2D eigenvalue weighted by Crippen LogP contribution is -2.07. The van der Waals surface area contributed by atoms with Gasteiger partial charge < -0.3 is 14.2 Å². The molecule has 118 valence electrons. The summed E-state index contributed by atoms with van der Waals surface area (Å²) in [5, 5.41) is 4.01. The van der Waals surface area contributed by atoms with Gasteiger partial charge in [-0.25, -0.2) is 0 Å². The Hall–Kier alpha value is -2.82. The van der Waals surface area contributed by atoms with E-state index in [2.05, 4.69) is 10.1 Å². The van der Waals surface area contributed by atoms with Crippen LogP contribution < -0.4 is 9.64 Å². The molecule has 0 atom stereocenters. The monoisotopic (exact) mass is 309 g/mol. The van der Waals surface area contributed by atoms with Crippen LogP contribution in [0.25, 0.3) is 11.4 Å². The lowest BCUT2D eigenvalue weighted by atomic mass is 10.2. The minimum absolute atomic E-state index is 0.256. The first kappa shape index (κ1) is 15.1. The first-order valence-electron chi connectivity index (χ1n) is 7.41. The third-order valence-corrected chi connectivity index (χ3v) is 3.46. The van der Waals surface area contributed by atoms with Crippen molar-refractivity contribution in [3.05, 3.63) is 60.0 Å². The number of benzene rings is 2. The van der Waals surface area contributed by atoms with Gasteiger partial charge in [-0.05, 0) is 48.9 Å². The predicted octanol–water partition coefficient (Wildman–Crippen LogP) is 3.69. The maximum atomic E-state index is 5.67. The second-order valence-corrected chi connectivity index (χ2v) is 5.56. The number of nitrogens with zero attached hydrogens (tertiary/aromatic N) is 3. The number of hydrogen-bond acceptors (Lipinski definition) is 5. The summed E-state index contributed by atoms with van der Waals surface area (Å²) in [5.74, 6) is 1.82. The van der Waals surface area contributed by atoms with E-state index in [9.17, 15) is 0 Å². The SMILES string of the molecule is Cc1cccc(OCc2nc(-c3ccc(N(C)C)cc3)no2)c1. The van der Waals surface area contributed by atoms with Crippen molar-refractivity contribution in [2.24, 2.45) is 0 Å². The summed E-state index contributed by atoms with van der Waals surface area (Å²) in [6.07, 6.45) is 0. The second kappa shape index (κ2) is 6.52. The van der Waals surface area contributed by atoms with E-state index in [1.165, 1.54) is 0 Å². The summed E-state index contributed by atoms with van der Waals surface area (Å²) in [7, 11) is 4.01. The summed E-state index contributed by atoms with van der Waals surface area (Å²) in [6.45, 7) is 2.28. The molecule has 0 fully saturated rings. The molecule has 0 saturated heterocycles. The molecule has 2 aromatic carbocycles. The topological polar surface area (TPSA) is 51.4 Å². The molecule has 3 rings (SSSR count). The molecule has 1 aromatic heterocycles. The lowest BCUT2D eigenvalue weighted by Gasteiger charge is -2.11. The smallest absolute Gasteiger partial charge is 0.264 e. The molecule has 0 saturated carbocycles. The Bertz CT molecular complexity index is 779. The van der Waals surface area contributed by atoms with E-state index in [-0.39, 0.29) is 6.61 Å². The van der Waals surface area contributed by atoms with Gasteiger partial charge in [-0.2, -0.15) is 4.98 Å². The molecule has 0 spiro atoms. The maximum Gasteiger partial charge on any atom is 0.264 e. The van der Waals surface area contributed by atoms with Crippen LogP contribution in [0.5, 0.6) is 5.75 Å². The number of aryl methyl sites for hydroxylation is 1. The Kier molecular flexibility index (Phi) is 4.28. The van der Waals surface area contributed by atoms with E-state index in [1.54, 1.807) is 0 Å². The Morgan fingerprint density at radius 3 is 2.57 bits per heavy atom. The van der Waals surface area contributed by atoms with Gasteiger partial charge >= 0.3 is 0 Å². The molecule has 0 radical (unpaired) electrons. The predicted molar refractivity (Wildman–Crippen MR) is 89.6 cm³/mol. The number of ether oxygens (including phenoxy) is 1. The van der Waals surface area contributed by atoms with E-state index in [4.69, 9.17) is 9.26 Å². The molecule has 3 aromatic rings. The van der Waals surface area contributed by atoms with Gasteiger partial charge in [0.1, 0.15) is 5.75 Å². The van der Waals surface area contributed by atoms with Crippen LogP contribution in [0, 0.1) is 6.92 Å². The van der Waals surface area contributed by atoms with Gasteiger partial charge in [0.2, 0.25) is 5.82 Å². The molecular weight excluding hydrogens is 290 g/mol. The van der Waals surface area contributed by atoms with Gasteiger partial charge in [-0.15, -0.1) is 0 Å². The average molecular weight is 309 g/mol. The van der Waals surface area contributed by atoms with Crippen molar-refractivity contribution < 1.29 is 9.26 Å². The highest BCUT2D eigenvalue weighted by Gasteiger charge is 2.09. The Morgan fingerprint density at radius 1 is 1.09 bits per heavy atom. The van der Waals surface area contributed by atoms with Crippen molar-refractivity contribution in [3.8, 4) is 17.1 Å². The van der Waals surface area contributed by atoms with Gasteiger partial charge in [0.15, 0.2) is 6.61 Å². The van der Waals surface area contributed by atoms with E-state index in [0.29, 0.717) is 11.7 Å². The van der Waals surface area contributed by atoms with E-state index in [0.717, 1.165) is 22.6 Å². The molecule has 1 heterocycles. The third-order valence-electron chi connectivity index (χ3n) is 3.46. The molecule has 0 aliphatic heterocycles. The summed E-state index contributed by atoms with van der Waals surface area (Å²) >= 11 is 0. The number of rotatable bonds is 5. The lowest BCUT2D eigenvalue weighted by molar-refractivity contribution is 0.243. The van der Waals surface area contributed by atoms with Crippen LogP contribution in [0.2, 0.25) is 0 Å². The average Bonchev–Trinajstić information content (AvgIpc) is 3.02. The maximum absolute atomic E-state index is 5.67. The van der Waals surface area contributed by atoms with Crippen LogP contribution in [-0.4, -0.2) is 24.2 Å². The Balaban J connectivity index is 1.68. The molecule has 5 nitrogen and oxygen atoms in total. The van der Waals surface area contributed by atoms with Crippen LogP contribution in [0.4, 0.5) is 5.69 Å². The molecule has 0 aliphatic carbocycles. The normalized spacial score (nSPS) is 10.6. The van der Waals surface area contributed by atoms with Gasteiger partial charge in [0.05, 0.1) is 0 Å². The molecule has 0 N–H and O–H groups in total.